The first-order chi connectivity index (χ1) is 10.5. The molecule has 0 saturated carbocycles. The van der Waals surface area contributed by atoms with Crippen molar-refractivity contribution in [3.63, 3.8) is 0 Å². The quantitative estimate of drug-likeness (QED) is 0.172. The van der Waals surface area contributed by atoms with Gasteiger partial charge in [-0.1, -0.05) is 0 Å². The van der Waals surface area contributed by atoms with Crippen molar-refractivity contribution in [2.24, 2.45) is 0 Å². The van der Waals surface area contributed by atoms with Crippen LogP contribution in [0.3, 0.4) is 0 Å². The lowest BCUT2D eigenvalue weighted by molar-refractivity contribution is -0.583. The van der Waals surface area contributed by atoms with Crippen LogP contribution < -0.4 is 0 Å². The molecule has 0 aliphatic rings. The van der Waals surface area contributed by atoms with Crippen LogP contribution in [0.5, 0.6) is 0 Å². The molecule has 0 aromatic carbocycles. The summed E-state index contributed by atoms with van der Waals surface area (Å²) in [6, 6.07) is 0. The summed E-state index contributed by atoms with van der Waals surface area (Å²) in [4.78, 5) is 9.47. The van der Waals surface area contributed by atoms with E-state index in [0.717, 1.165) is 0 Å². The van der Waals surface area contributed by atoms with Crippen LogP contribution in [0.15, 0.2) is 0 Å². The Hall–Kier alpha value is -0.400. The molecule has 0 aliphatic carbocycles. The number of aliphatic hydroxyl groups excluding tert-OH is 2. The predicted octanol–water partition coefficient (Wildman–Crippen LogP) is -0.806. The van der Waals surface area contributed by atoms with Crippen molar-refractivity contribution in [1.82, 2.24) is 10.1 Å². The lowest BCUT2D eigenvalue weighted by atomic mass is 10.4. The maximum atomic E-state index is 9.11. The Balaban J connectivity index is 4.01. The highest BCUT2D eigenvalue weighted by atomic mass is 17.4. The van der Waals surface area contributed by atoms with E-state index in [9.17, 15) is 0 Å². The highest BCUT2D eigenvalue weighted by Gasteiger charge is 2.11. The second-order valence-electron chi connectivity index (χ2n) is 4.91. The van der Waals surface area contributed by atoms with Crippen molar-refractivity contribution in [1.29, 1.82) is 0 Å². The van der Waals surface area contributed by atoms with E-state index in [0.29, 0.717) is 38.1 Å². The third kappa shape index (κ3) is 13.3. The molecule has 0 fully saturated rings. The summed E-state index contributed by atoms with van der Waals surface area (Å²) >= 11 is 0. The molecule has 2 unspecified atom stereocenters. The molecule has 134 valence electrons. The van der Waals surface area contributed by atoms with Gasteiger partial charge in [-0.25, -0.2) is 10.5 Å². The van der Waals surface area contributed by atoms with Crippen LogP contribution in [-0.4, -0.2) is 95.7 Å². The fourth-order valence-electron chi connectivity index (χ4n) is 1.55. The summed E-state index contributed by atoms with van der Waals surface area (Å²) in [5.41, 5.74) is 0. The fraction of sp³-hybridized carbons (Fsp3) is 1.00. The molecule has 0 saturated heterocycles. The largest absolute Gasteiger partial charge is 0.391 e. The van der Waals surface area contributed by atoms with Crippen LogP contribution in [0.25, 0.3) is 0 Å². The van der Waals surface area contributed by atoms with Gasteiger partial charge in [0.25, 0.3) is 0 Å². The van der Waals surface area contributed by atoms with Gasteiger partial charge in [0, 0.05) is 19.6 Å². The molecule has 0 radical (unpaired) electrons. The Bertz CT molecular complexity index is 225. The van der Waals surface area contributed by atoms with Crippen LogP contribution >= 0.6 is 0 Å². The van der Waals surface area contributed by atoms with E-state index in [1.807, 2.05) is 4.90 Å². The molecular weight excluding hydrogens is 300 g/mol. The van der Waals surface area contributed by atoms with Gasteiger partial charge in [-0.05, 0) is 19.1 Å². The highest BCUT2D eigenvalue weighted by molar-refractivity contribution is 4.58. The molecule has 0 amide bonds. The topological polar surface area (TPSA) is 124 Å². The van der Waals surface area contributed by atoms with E-state index in [1.54, 1.807) is 13.8 Å². The predicted molar refractivity (Wildman–Crippen MR) is 75.6 cm³/mol. The Morgan fingerprint density at radius 3 is 1.59 bits per heavy atom. The minimum Gasteiger partial charge on any atom is -0.391 e. The SMILES string of the molecule is CC(O)COCCN(CCOCC(C)O)CCN(OO)OO. The van der Waals surface area contributed by atoms with Gasteiger partial charge in [-0.3, -0.25) is 4.90 Å². The monoisotopic (exact) mass is 328 g/mol. The second kappa shape index (κ2) is 14.2. The van der Waals surface area contributed by atoms with E-state index in [-0.39, 0.29) is 19.8 Å². The molecule has 10 heteroatoms. The van der Waals surface area contributed by atoms with Crippen molar-refractivity contribution in [2.45, 2.75) is 26.1 Å². The van der Waals surface area contributed by atoms with Gasteiger partial charge in [0.1, 0.15) is 0 Å². The van der Waals surface area contributed by atoms with Crippen LogP contribution in [-0.2, 0) is 19.5 Å². The second-order valence-corrected chi connectivity index (χ2v) is 4.91. The smallest absolute Gasteiger partial charge is 0.0745 e. The number of hydrogen-bond donors (Lipinski definition) is 4. The summed E-state index contributed by atoms with van der Waals surface area (Å²) in [7, 11) is 0. The first-order valence-electron chi connectivity index (χ1n) is 7.14. The number of hydrogen-bond acceptors (Lipinski definition) is 10. The highest BCUT2D eigenvalue weighted by Crippen LogP contribution is 1.95. The van der Waals surface area contributed by atoms with Crippen LogP contribution in [0.4, 0.5) is 0 Å². The summed E-state index contributed by atoms with van der Waals surface area (Å²) in [6.45, 7) is 6.16. The minimum absolute atomic E-state index is 0.0831. The molecule has 10 nitrogen and oxygen atoms in total. The van der Waals surface area contributed by atoms with E-state index in [4.69, 9.17) is 30.2 Å². The molecule has 0 heterocycles. The van der Waals surface area contributed by atoms with Crippen molar-refractivity contribution >= 4 is 0 Å². The van der Waals surface area contributed by atoms with Crippen LogP contribution in [0.1, 0.15) is 13.8 Å². The fourth-order valence-corrected chi connectivity index (χ4v) is 1.55. The van der Waals surface area contributed by atoms with Gasteiger partial charge in [0.15, 0.2) is 0 Å². The van der Waals surface area contributed by atoms with Crippen molar-refractivity contribution in [3.8, 4) is 0 Å². The third-order valence-electron chi connectivity index (χ3n) is 2.60. The molecule has 22 heavy (non-hydrogen) atoms. The molecule has 0 rings (SSSR count). The Kier molecular flexibility index (Phi) is 14.0. The Labute approximate surface area is 130 Å². The molecule has 0 bridgehead atoms. The van der Waals surface area contributed by atoms with Crippen molar-refractivity contribution < 1.29 is 40.2 Å². The normalized spacial score (nSPS) is 14.7. The molecule has 2 atom stereocenters. The van der Waals surface area contributed by atoms with Crippen molar-refractivity contribution in [2.75, 3.05) is 52.6 Å². The molecule has 0 aromatic rings. The van der Waals surface area contributed by atoms with Gasteiger partial charge in [-0.15, -0.1) is 9.98 Å². The van der Waals surface area contributed by atoms with Gasteiger partial charge >= 0.3 is 0 Å². The first kappa shape index (κ1) is 21.6. The number of ether oxygens (including phenoxy) is 2. The molecule has 0 spiro atoms. The average molecular weight is 328 g/mol. The van der Waals surface area contributed by atoms with Crippen LogP contribution in [0.2, 0.25) is 0 Å². The standard InChI is InChI=1S/C12H28N2O8/c1-11(15)9-19-7-5-13(3-4-14(21-17)22-18)6-8-20-10-12(2)16/h11-12,15-18H,3-10H2,1-2H3. The zero-order valence-corrected chi connectivity index (χ0v) is 13.1. The van der Waals surface area contributed by atoms with E-state index >= 15 is 0 Å². The summed E-state index contributed by atoms with van der Waals surface area (Å²) in [5, 5.41) is 35.5. The van der Waals surface area contributed by atoms with Gasteiger partial charge < -0.3 is 19.7 Å². The van der Waals surface area contributed by atoms with Gasteiger partial charge in [0.2, 0.25) is 0 Å². The summed E-state index contributed by atoms with van der Waals surface area (Å²) < 4.78 is 10.6. The molecule has 0 aromatic heterocycles. The van der Waals surface area contributed by atoms with Gasteiger partial charge in [0.05, 0.1) is 45.2 Å². The average Bonchev–Trinajstić information content (AvgIpc) is 2.47. The Morgan fingerprint density at radius 2 is 1.23 bits per heavy atom. The van der Waals surface area contributed by atoms with E-state index < -0.39 is 12.2 Å². The zero-order valence-electron chi connectivity index (χ0n) is 13.1. The number of nitrogens with zero attached hydrogens (tertiary/aromatic N) is 2. The zero-order chi connectivity index (χ0) is 16.8. The maximum absolute atomic E-state index is 9.11. The van der Waals surface area contributed by atoms with E-state index in [2.05, 4.69) is 9.98 Å². The summed E-state index contributed by atoms with van der Waals surface area (Å²) in [6.07, 6.45) is -1.05. The third-order valence-corrected chi connectivity index (χ3v) is 2.60. The number of rotatable bonds is 15. The van der Waals surface area contributed by atoms with Gasteiger partial charge in [-0.2, -0.15) is 0 Å². The molecule has 0 aliphatic heterocycles. The minimum atomic E-state index is -0.524. The van der Waals surface area contributed by atoms with E-state index in [1.165, 1.54) is 0 Å². The number of hydroxylamine groups is 2. The lowest BCUT2D eigenvalue weighted by Gasteiger charge is -2.23. The number of aliphatic hydroxyl groups is 2. The van der Waals surface area contributed by atoms with Crippen molar-refractivity contribution in [3.05, 3.63) is 0 Å². The lowest BCUT2D eigenvalue weighted by Crippen LogP contribution is -2.38. The first-order valence-corrected chi connectivity index (χ1v) is 7.14. The molecular formula is C12H28N2O8. The van der Waals surface area contributed by atoms with Crippen LogP contribution in [0, 0.1) is 0 Å². The molecule has 4 N–H and O–H groups in total. The summed E-state index contributed by atoms with van der Waals surface area (Å²) in [5.74, 6) is 0. The Morgan fingerprint density at radius 1 is 0.773 bits per heavy atom. The maximum Gasteiger partial charge on any atom is 0.0745 e.